The molecule has 0 spiro atoms. The molecule has 1 heterocycles. The predicted molar refractivity (Wildman–Crippen MR) is 96.6 cm³/mol. The van der Waals surface area contributed by atoms with Gasteiger partial charge in [0, 0.05) is 24.1 Å². The smallest absolute Gasteiger partial charge is 0.339 e. The maximum absolute atomic E-state index is 11.3. The molecule has 3 rings (SSSR count). The first-order chi connectivity index (χ1) is 11.5. The molecule has 126 valence electrons. The van der Waals surface area contributed by atoms with Crippen LogP contribution < -0.4 is 4.74 Å². The summed E-state index contributed by atoms with van der Waals surface area (Å²) in [6, 6.07) is 12.0. The third kappa shape index (κ3) is 3.32. The van der Waals surface area contributed by atoms with Gasteiger partial charge in [0.15, 0.2) is 0 Å². The van der Waals surface area contributed by atoms with E-state index in [4.69, 9.17) is 4.74 Å². The Hall–Kier alpha value is -1.85. The van der Waals surface area contributed by atoms with Crippen LogP contribution in [0.25, 0.3) is 0 Å². The number of benzene rings is 2. The topological polar surface area (TPSA) is 49.8 Å². The zero-order valence-electron chi connectivity index (χ0n) is 13.8. The summed E-state index contributed by atoms with van der Waals surface area (Å²) in [6.07, 6.45) is 0. The van der Waals surface area contributed by atoms with E-state index in [1.807, 2.05) is 6.07 Å². The van der Waals surface area contributed by atoms with E-state index in [-0.39, 0.29) is 5.56 Å². The lowest BCUT2D eigenvalue weighted by molar-refractivity contribution is 0.0693. The highest BCUT2D eigenvalue weighted by molar-refractivity contribution is 9.10. The second kappa shape index (κ2) is 6.95. The molecule has 0 fully saturated rings. The molecule has 0 saturated heterocycles. The quantitative estimate of drug-likeness (QED) is 0.847. The molecular weight excluding hydrogens is 370 g/mol. The third-order valence-electron chi connectivity index (χ3n) is 4.50. The van der Waals surface area contributed by atoms with E-state index < -0.39 is 5.97 Å². The van der Waals surface area contributed by atoms with E-state index in [1.165, 1.54) is 18.2 Å². The van der Waals surface area contributed by atoms with Gasteiger partial charge < -0.3 is 9.84 Å². The van der Waals surface area contributed by atoms with Crippen molar-refractivity contribution in [3.05, 3.63) is 63.1 Å². The SMILES string of the molecule is COc1cc(CN2Cc3ccccc3C(C)C2)c(Br)cc1C(=O)O. The minimum Gasteiger partial charge on any atom is -0.496 e. The van der Waals surface area contributed by atoms with E-state index in [9.17, 15) is 9.90 Å². The van der Waals surface area contributed by atoms with Gasteiger partial charge in [0.1, 0.15) is 11.3 Å². The van der Waals surface area contributed by atoms with Gasteiger partial charge in [0.05, 0.1) is 7.11 Å². The largest absolute Gasteiger partial charge is 0.496 e. The Bertz CT molecular complexity index is 775. The van der Waals surface area contributed by atoms with Crippen molar-refractivity contribution in [2.24, 2.45) is 0 Å². The van der Waals surface area contributed by atoms with Crippen LogP contribution >= 0.6 is 15.9 Å². The predicted octanol–water partition coefficient (Wildman–Crippen LogP) is 4.28. The molecule has 0 saturated carbocycles. The van der Waals surface area contributed by atoms with E-state index >= 15 is 0 Å². The Kier molecular flexibility index (Phi) is 4.92. The summed E-state index contributed by atoms with van der Waals surface area (Å²) in [5.41, 5.74) is 3.99. The van der Waals surface area contributed by atoms with Crippen molar-refractivity contribution in [2.45, 2.75) is 25.9 Å². The van der Waals surface area contributed by atoms with Crippen LogP contribution in [-0.2, 0) is 13.1 Å². The average Bonchev–Trinajstić information content (AvgIpc) is 2.56. The summed E-state index contributed by atoms with van der Waals surface area (Å²) in [7, 11) is 1.50. The number of halogens is 1. The van der Waals surface area contributed by atoms with E-state index in [2.05, 4.69) is 52.0 Å². The number of hydrogen-bond donors (Lipinski definition) is 1. The molecule has 2 aromatic rings. The first kappa shape index (κ1) is 17.0. The zero-order valence-corrected chi connectivity index (χ0v) is 15.3. The van der Waals surface area contributed by atoms with Crippen molar-refractivity contribution in [1.82, 2.24) is 4.90 Å². The molecule has 1 atom stereocenters. The Morgan fingerprint density at radius 2 is 2.12 bits per heavy atom. The number of carboxylic acid groups (broad SMARTS) is 1. The molecule has 0 amide bonds. The number of nitrogens with zero attached hydrogens (tertiary/aromatic N) is 1. The van der Waals surface area contributed by atoms with Crippen LogP contribution in [0.5, 0.6) is 5.75 Å². The second-order valence-corrected chi connectivity index (χ2v) is 7.07. The molecule has 1 N–H and O–H groups in total. The number of ether oxygens (including phenoxy) is 1. The lowest BCUT2D eigenvalue weighted by Crippen LogP contribution is -2.32. The van der Waals surface area contributed by atoms with Crippen LogP contribution in [0, 0.1) is 0 Å². The maximum atomic E-state index is 11.3. The summed E-state index contributed by atoms with van der Waals surface area (Å²) in [5.74, 6) is -0.111. The van der Waals surface area contributed by atoms with Gasteiger partial charge in [-0.2, -0.15) is 0 Å². The van der Waals surface area contributed by atoms with Gasteiger partial charge in [-0.05, 0) is 34.7 Å². The van der Waals surface area contributed by atoms with E-state index in [0.717, 1.165) is 29.7 Å². The van der Waals surface area contributed by atoms with Gasteiger partial charge in [-0.1, -0.05) is 47.1 Å². The van der Waals surface area contributed by atoms with Crippen molar-refractivity contribution in [1.29, 1.82) is 0 Å². The second-order valence-electron chi connectivity index (χ2n) is 6.22. The fourth-order valence-corrected chi connectivity index (χ4v) is 3.83. The lowest BCUT2D eigenvalue weighted by atomic mass is 9.91. The average molecular weight is 390 g/mol. The van der Waals surface area contributed by atoms with Crippen molar-refractivity contribution < 1.29 is 14.6 Å². The van der Waals surface area contributed by atoms with Gasteiger partial charge in [0.2, 0.25) is 0 Å². The molecule has 0 bridgehead atoms. The van der Waals surface area contributed by atoms with Gasteiger partial charge in [-0.15, -0.1) is 0 Å². The minimum absolute atomic E-state index is 0.172. The van der Waals surface area contributed by atoms with Crippen LogP contribution in [0.1, 0.15) is 39.9 Å². The molecule has 2 aromatic carbocycles. The first-order valence-electron chi connectivity index (χ1n) is 7.89. The molecule has 0 aromatic heterocycles. The summed E-state index contributed by atoms with van der Waals surface area (Å²) >= 11 is 3.51. The van der Waals surface area contributed by atoms with E-state index in [1.54, 1.807) is 6.07 Å². The number of carboxylic acids is 1. The number of carbonyl (C=O) groups is 1. The first-order valence-corrected chi connectivity index (χ1v) is 8.68. The highest BCUT2D eigenvalue weighted by Gasteiger charge is 2.23. The summed E-state index contributed by atoms with van der Waals surface area (Å²) in [5, 5.41) is 9.27. The Balaban J connectivity index is 1.86. The molecule has 0 radical (unpaired) electrons. The lowest BCUT2D eigenvalue weighted by Gasteiger charge is -2.33. The van der Waals surface area contributed by atoms with Gasteiger partial charge in [-0.3, -0.25) is 4.90 Å². The molecule has 1 aliphatic heterocycles. The number of rotatable bonds is 4. The minimum atomic E-state index is -0.986. The fourth-order valence-electron chi connectivity index (χ4n) is 3.36. The molecule has 1 aliphatic rings. The van der Waals surface area contributed by atoms with Crippen molar-refractivity contribution in [3.63, 3.8) is 0 Å². The van der Waals surface area contributed by atoms with Crippen LogP contribution in [0.2, 0.25) is 0 Å². The Morgan fingerprint density at radius 1 is 1.38 bits per heavy atom. The maximum Gasteiger partial charge on any atom is 0.339 e. The van der Waals surface area contributed by atoms with E-state index in [0.29, 0.717) is 11.7 Å². The number of methoxy groups -OCH3 is 1. The van der Waals surface area contributed by atoms with Crippen molar-refractivity contribution in [3.8, 4) is 5.75 Å². The number of aromatic carboxylic acids is 1. The summed E-state index contributed by atoms with van der Waals surface area (Å²) in [4.78, 5) is 13.7. The number of fused-ring (bicyclic) bond motifs is 1. The molecule has 1 unspecified atom stereocenters. The van der Waals surface area contributed by atoms with Gasteiger partial charge in [-0.25, -0.2) is 4.79 Å². The zero-order chi connectivity index (χ0) is 17.3. The standard InChI is InChI=1S/C19H20BrNO3/c1-12-9-21(10-13-5-3-4-6-15(12)13)11-14-7-18(24-2)16(19(22)23)8-17(14)20/h3-8,12H,9-11H2,1-2H3,(H,22,23). The molecular formula is C19H20BrNO3. The third-order valence-corrected chi connectivity index (χ3v) is 5.24. The van der Waals surface area contributed by atoms with Gasteiger partial charge >= 0.3 is 5.97 Å². The Morgan fingerprint density at radius 3 is 2.83 bits per heavy atom. The van der Waals surface area contributed by atoms with Crippen LogP contribution in [0.3, 0.4) is 0 Å². The summed E-state index contributed by atoms with van der Waals surface area (Å²) in [6.45, 7) is 4.87. The summed E-state index contributed by atoms with van der Waals surface area (Å²) < 4.78 is 6.05. The van der Waals surface area contributed by atoms with Crippen molar-refractivity contribution in [2.75, 3.05) is 13.7 Å². The fraction of sp³-hybridized carbons (Fsp3) is 0.316. The molecule has 24 heavy (non-hydrogen) atoms. The monoisotopic (exact) mass is 389 g/mol. The van der Waals surface area contributed by atoms with Crippen LogP contribution in [0.15, 0.2) is 40.9 Å². The highest BCUT2D eigenvalue weighted by Crippen LogP contribution is 2.32. The van der Waals surface area contributed by atoms with Crippen LogP contribution in [-0.4, -0.2) is 29.6 Å². The Labute approximate surface area is 150 Å². The van der Waals surface area contributed by atoms with Crippen molar-refractivity contribution >= 4 is 21.9 Å². The molecule has 4 nitrogen and oxygen atoms in total. The molecule has 5 heteroatoms. The molecule has 0 aliphatic carbocycles. The normalized spacial score (nSPS) is 17.4. The highest BCUT2D eigenvalue weighted by atomic mass is 79.9. The van der Waals surface area contributed by atoms with Gasteiger partial charge in [0.25, 0.3) is 0 Å². The number of hydrogen-bond acceptors (Lipinski definition) is 3. The van der Waals surface area contributed by atoms with Crippen LogP contribution in [0.4, 0.5) is 0 Å².